The summed E-state index contributed by atoms with van der Waals surface area (Å²) in [6.07, 6.45) is 4.52. The quantitative estimate of drug-likeness (QED) is 0.868. The maximum Gasteiger partial charge on any atom is 0.128 e. The van der Waals surface area contributed by atoms with Crippen LogP contribution in [-0.2, 0) is 4.74 Å². The third-order valence-corrected chi connectivity index (χ3v) is 3.45. The number of rotatable bonds is 5. The Kier molecular flexibility index (Phi) is 4.55. The van der Waals surface area contributed by atoms with E-state index in [1.807, 2.05) is 19.2 Å². The molecule has 1 fully saturated rings. The lowest BCUT2D eigenvalue weighted by molar-refractivity contribution is 0.115. The van der Waals surface area contributed by atoms with Crippen molar-refractivity contribution in [2.24, 2.45) is 5.73 Å². The molecule has 18 heavy (non-hydrogen) atoms. The van der Waals surface area contributed by atoms with E-state index in [1.54, 1.807) is 0 Å². The highest BCUT2D eigenvalue weighted by Crippen LogP contribution is 2.20. The van der Waals surface area contributed by atoms with Crippen LogP contribution >= 0.6 is 0 Å². The first-order chi connectivity index (χ1) is 8.70. The van der Waals surface area contributed by atoms with Crippen molar-refractivity contribution >= 4 is 5.82 Å². The number of aromatic nitrogens is 1. The Morgan fingerprint density at radius 2 is 2.44 bits per heavy atom. The number of anilines is 1. The topological polar surface area (TPSA) is 51.4 Å². The first-order valence-corrected chi connectivity index (χ1v) is 6.78. The van der Waals surface area contributed by atoms with Gasteiger partial charge >= 0.3 is 0 Å². The van der Waals surface area contributed by atoms with Gasteiger partial charge in [-0.15, -0.1) is 0 Å². The van der Waals surface area contributed by atoms with Gasteiger partial charge in [0.05, 0.1) is 6.10 Å². The minimum atomic E-state index is 0.0492. The normalized spacial score (nSPS) is 20.9. The summed E-state index contributed by atoms with van der Waals surface area (Å²) in [7, 11) is 0. The maximum absolute atomic E-state index is 5.92. The Labute approximate surface area is 109 Å². The molecule has 1 aliphatic heterocycles. The highest BCUT2D eigenvalue weighted by atomic mass is 16.5. The average Bonchev–Trinajstić information content (AvgIpc) is 2.89. The number of hydrogen-bond acceptors (Lipinski definition) is 4. The summed E-state index contributed by atoms with van der Waals surface area (Å²) >= 11 is 0. The molecule has 1 aromatic rings. The molecular formula is C14H23N3O. The van der Waals surface area contributed by atoms with Gasteiger partial charge in [0, 0.05) is 31.9 Å². The highest BCUT2D eigenvalue weighted by Gasteiger charge is 2.19. The molecular weight excluding hydrogens is 226 g/mol. The second-order valence-corrected chi connectivity index (χ2v) is 4.91. The van der Waals surface area contributed by atoms with Gasteiger partial charge in [-0.05, 0) is 44.4 Å². The fourth-order valence-electron chi connectivity index (χ4n) is 2.31. The smallest absolute Gasteiger partial charge is 0.128 e. The van der Waals surface area contributed by atoms with Gasteiger partial charge < -0.3 is 15.4 Å². The molecule has 2 N–H and O–H groups in total. The van der Waals surface area contributed by atoms with Crippen LogP contribution in [0.1, 0.15) is 38.3 Å². The summed E-state index contributed by atoms with van der Waals surface area (Å²) in [5.74, 6) is 1.00. The first kappa shape index (κ1) is 13.3. The predicted octanol–water partition coefficient (Wildman–Crippen LogP) is 2.11. The monoisotopic (exact) mass is 249 g/mol. The zero-order valence-corrected chi connectivity index (χ0v) is 11.3. The molecule has 4 nitrogen and oxygen atoms in total. The molecule has 2 rings (SSSR count). The minimum Gasteiger partial charge on any atom is -0.376 e. The summed E-state index contributed by atoms with van der Waals surface area (Å²) in [5.41, 5.74) is 7.05. The third-order valence-electron chi connectivity index (χ3n) is 3.45. The second-order valence-electron chi connectivity index (χ2n) is 4.91. The zero-order valence-electron chi connectivity index (χ0n) is 11.3. The Morgan fingerprint density at radius 3 is 3.06 bits per heavy atom. The molecule has 0 spiro atoms. The molecule has 1 aliphatic rings. The van der Waals surface area contributed by atoms with Crippen molar-refractivity contribution in [1.29, 1.82) is 0 Å². The van der Waals surface area contributed by atoms with Crippen LogP contribution in [0.25, 0.3) is 0 Å². The van der Waals surface area contributed by atoms with Gasteiger partial charge in [-0.25, -0.2) is 4.98 Å². The van der Waals surface area contributed by atoms with E-state index in [9.17, 15) is 0 Å². The molecule has 1 aromatic heterocycles. The predicted molar refractivity (Wildman–Crippen MR) is 73.7 cm³/mol. The molecule has 0 amide bonds. The number of nitrogens with zero attached hydrogens (tertiary/aromatic N) is 2. The highest BCUT2D eigenvalue weighted by molar-refractivity contribution is 5.41. The SMILES string of the molecule is CCN(CC1CCCO1)c1cc(C(C)N)ccn1. The van der Waals surface area contributed by atoms with Crippen molar-refractivity contribution in [3.63, 3.8) is 0 Å². The van der Waals surface area contributed by atoms with Crippen LogP contribution in [-0.4, -0.2) is 30.8 Å². The molecule has 100 valence electrons. The van der Waals surface area contributed by atoms with Crippen LogP contribution in [0.4, 0.5) is 5.82 Å². The molecule has 0 saturated carbocycles. The molecule has 0 aromatic carbocycles. The number of likely N-dealkylation sites (N-methyl/N-ethyl adjacent to an activating group) is 1. The number of nitrogens with two attached hydrogens (primary N) is 1. The Hall–Kier alpha value is -1.13. The standard InChI is InChI=1S/C14H23N3O/c1-3-17(10-13-5-4-8-18-13)14-9-12(11(2)15)6-7-16-14/h6-7,9,11,13H,3-5,8,10,15H2,1-2H3. The van der Waals surface area contributed by atoms with E-state index in [0.717, 1.165) is 37.5 Å². The van der Waals surface area contributed by atoms with Gasteiger partial charge in [0.1, 0.15) is 5.82 Å². The summed E-state index contributed by atoms with van der Waals surface area (Å²) in [6.45, 7) is 6.90. The van der Waals surface area contributed by atoms with Crippen molar-refractivity contribution in [1.82, 2.24) is 4.98 Å². The van der Waals surface area contributed by atoms with Crippen molar-refractivity contribution in [3.05, 3.63) is 23.9 Å². The van der Waals surface area contributed by atoms with Gasteiger partial charge in [0.15, 0.2) is 0 Å². The molecule has 0 aliphatic carbocycles. The van der Waals surface area contributed by atoms with Crippen LogP contribution in [0.2, 0.25) is 0 Å². The number of ether oxygens (including phenoxy) is 1. The van der Waals surface area contributed by atoms with E-state index in [0.29, 0.717) is 6.10 Å². The van der Waals surface area contributed by atoms with Crippen molar-refractivity contribution in [2.45, 2.75) is 38.8 Å². The van der Waals surface area contributed by atoms with E-state index in [1.165, 1.54) is 6.42 Å². The van der Waals surface area contributed by atoms with Gasteiger partial charge in [-0.2, -0.15) is 0 Å². The lowest BCUT2D eigenvalue weighted by Gasteiger charge is -2.25. The van der Waals surface area contributed by atoms with E-state index in [-0.39, 0.29) is 6.04 Å². The maximum atomic E-state index is 5.92. The average molecular weight is 249 g/mol. The van der Waals surface area contributed by atoms with Crippen LogP contribution in [0.15, 0.2) is 18.3 Å². The van der Waals surface area contributed by atoms with Gasteiger partial charge in [-0.1, -0.05) is 0 Å². The number of hydrogen-bond donors (Lipinski definition) is 1. The Balaban J connectivity index is 2.08. The first-order valence-electron chi connectivity index (χ1n) is 6.78. The van der Waals surface area contributed by atoms with Crippen LogP contribution in [0.5, 0.6) is 0 Å². The summed E-state index contributed by atoms with van der Waals surface area (Å²) in [5, 5.41) is 0. The lowest BCUT2D eigenvalue weighted by atomic mass is 10.1. The van der Waals surface area contributed by atoms with Gasteiger partial charge in [0.2, 0.25) is 0 Å². The van der Waals surface area contributed by atoms with Crippen molar-refractivity contribution < 1.29 is 4.74 Å². The summed E-state index contributed by atoms with van der Waals surface area (Å²) in [6, 6.07) is 4.12. The third kappa shape index (κ3) is 3.21. The lowest BCUT2D eigenvalue weighted by Crippen LogP contribution is -2.32. The molecule has 1 saturated heterocycles. The van der Waals surface area contributed by atoms with Crippen LogP contribution in [0, 0.1) is 0 Å². The largest absolute Gasteiger partial charge is 0.376 e. The molecule has 4 heteroatoms. The van der Waals surface area contributed by atoms with E-state index >= 15 is 0 Å². The summed E-state index contributed by atoms with van der Waals surface area (Å²) in [4.78, 5) is 6.72. The minimum absolute atomic E-state index is 0.0492. The second kappa shape index (κ2) is 6.16. The fraction of sp³-hybridized carbons (Fsp3) is 0.643. The van der Waals surface area contributed by atoms with Gasteiger partial charge in [0.25, 0.3) is 0 Å². The fourth-order valence-corrected chi connectivity index (χ4v) is 2.31. The Bertz CT molecular complexity index is 375. The van der Waals surface area contributed by atoms with Crippen molar-refractivity contribution in [3.8, 4) is 0 Å². The van der Waals surface area contributed by atoms with Crippen LogP contribution in [0.3, 0.4) is 0 Å². The van der Waals surface area contributed by atoms with E-state index in [4.69, 9.17) is 10.5 Å². The molecule has 2 atom stereocenters. The molecule has 2 heterocycles. The van der Waals surface area contributed by atoms with Crippen molar-refractivity contribution in [2.75, 3.05) is 24.6 Å². The molecule has 2 unspecified atom stereocenters. The zero-order chi connectivity index (χ0) is 13.0. The van der Waals surface area contributed by atoms with E-state index < -0.39 is 0 Å². The summed E-state index contributed by atoms with van der Waals surface area (Å²) < 4.78 is 5.69. The van der Waals surface area contributed by atoms with Crippen LogP contribution < -0.4 is 10.6 Å². The van der Waals surface area contributed by atoms with Gasteiger partial charge in [-0.3, -0.25) is 0 Å². The molecule has 0 bridgehead atoms. The van der Waals surface area contributed by atoms with E-state index in [2.05, 4.69) is 22.9 Å². The Morgan fingerprint density at radius 1 is 1.61 bits per heavy atom. The number of pyridine rings is 1. The molecule has 0 radical (unpaired) electrons.